The molecule has 6 nitrogen and oxygen atoms in total. The molecule has 0 radical (unpaired) electrons. The van der Waals surface area contributed by atoms with Gasteiger partial charge < -0.3 is 10.6 Å². The van der Waals surface area contributed by atoms with Crippen molar-refractivity contribution in [2.24, 2.45) is 17.8 Å². The minimum absolute atomic E-state index is 0.136. The zero-order valence-electron chi connectivity index (χ0n) is 17.0. The van der Waals surface area contributed by atoms with Crippen molar-refractivity contribution in [2.45, 2.75) is 63.0 Å². The number of thioether (sulfide) groups is 1. The Balaban J connectivity index is 1.22. The van der Waals surface area contributed by atoms with Gasteiger partial charge >= 0.3 is 0 Å². The first-order valence-corrected chi connectivity index (χ1v) is 12.0. The molecule has 3 N–H and O–H groups in total. The van der Waals surface area contributed by atoms with E-state index in [0.29, 0.717) is 11.3 Å². The topological polar surface area (TPSA) is 59.6 Å². The Hall–Kier alpha value is -0.340. The average Bonchev–Trinajstić information content (AvgIpc) is 3.40. The first-order chi connectivity index (χ1) is 13.1. The van der Waals surface area contributed by atoms with Crippen LogP contribution in [0.2, 0.25) is 0 Å². The molecule has 0 aromatic rings. The van der Waals surface area contributed by atoms with E-state index in [1.165, 1.54) is 51.1 Å². The van der Waals surface area contributed by atoms with Gasteiger partial charge in [-0.3, -0.25) is 15.1 Å². The fraction of sp³-hybridized carbons (Fsp3) is 0.950. The van der Waals surface area contributed by atoms with E-state index in [4.69, 9.17) is 0 Å². The largest absolute Gasteiger partial charge is 0.339 e. The van der Waals surface area contributed by atoms with Crippen LogP contribution in [0.4, 0.5) is 0 Å². The summed E-state index contributed by atoms with van der Waals surface area (Å²) in [6.07, 6.45) is 7.37. The van der Waals surface area contributed by atoms with E-state index < -0.39 is 0 Å². The third kappa shape index (κ3) is 4.64. The lowest BCUT2D eigenvalue weighted by molar-refractivity contribution is -0.128. The summed E-state index contributed by atoms with van der Waals surface area (Å²) in [4.78, 5) is 15.5. The van der Waals surface area contributed by atoms with Crippen molar-refractivity contribution < 1.29 is 4.79 Å². The van der Waals surface area contributed by atoms with Crippen LogP contribution in [0.15, 0.2) is 0 Å². The van der Waals surface area contributed by atoms with Gasteiger partial charge in [-0.1, -0.05) is 6.92 Å². The lowest BCUT2D eigenvalue weighted by Gasteiger charge is -2.35. The Kier molecular flexibility index (Phi) is 6.64. The third-order valence-electron chi connectivity index (χ3n) is 7.13. The molecule has 3 unspecified atom stereocenters. The van der Waals surface area contributed by atoms with Crippen LogP contribution in [0.5, 0.6) is 0 Å². The summed E-state index contributed by atoms with van der Waals surface area (Å²) < 4.78 is 0. The van der Waals surface area contributed by atoms with Crippen molar-refractivity contribution >= 4 is 17.7 Å². The van der Waals surface area contributed by atoms with Crippen LogP contribution in [-0.2, 0) is 4.79 Å². The SMILES string of the molecule is CC1CNN(C)C1NC(=O)C1CCC(CN2CCC[C@H]2C2NCCS2)CC1. The molecule has 0 bridgehead atoms. The maximum absolute atomic E-state index is 12.7. The molecule has 4 atom stereocenters. The third-order valence-corrected chi connectivity index (χ3v) is 8.41. The zero-order chi connectivity index (χ0) is 18.8. The molecular formula is C20H37N5OS. The highest BCUT2D eigenvalue weighted by Crippen LogP contribution is 2.34. The van der Waals surface area contributed by atoms with Gasteiger partial charge in [-0.25, -0.2) is 5.01 Å². The number of nitrogens with zero attached hydrogens (tertiary/aromatic N) is 2. The zero-order valence-corrected chi connectivity index (χ0v) is 17.8. The van der Waals surface area contributed by atoms with Gasteiger partial charge in [-0.2, -0.15) is 0 Å². The first kappa shape index (κ1) is 20.0. The van der Waals surface area contributed by atoms with E-state index in [-0.39, 0.29) is 18.0 Å². The van der Waals surface area contributed by atoms with Gasteiger partial charge in [-0.15, -0.1) is 11.8 Å². The van der Waals surface area contributed by atoms with Crippen molar-refractivity contribution in [3.63, 3.8) is 0 Å². The maximum Gasteiger partial charge on any atom is 0.224 e. The maximum atomic E-state index is 12.7. The van der Waals surface area contributed by atoms with E-state index in [1.807, 2.05) is 7.05 Å². The number of rotatable bonds is 5. The van der Waals surface area contributed by atoms with Crippen LogP contribution in [0.1, 0.15) is 45.4 Å². The lowest BCUT2D eigenvalue weighted by atomic mass is 9.81. The molecule has 4 aliphatic rings. The molecule has 7 heteroatoms. The van der Waals surface area contributed by atoms with Crippen molar-refractivity contribution in [2.75, 3.05) is 39.0 Å². The number of carbonyl (C=O) groups is 1. The van der Waals surface area contributed by atoms with Crippen molar-refractivity contribution in [3.05, 3.63) is 0 Å². The number of likely N-dealkylation sites (tertiary alicyclic amines) is 1. The molecule has 0 aromatic heterocycles. The summed E-state index contributed by atoms with van der Waals surface area (Å²) in [7, 11) is 2.02. The first-order valence-electron chi connectivity index (χ1n) is 11.0. The summed E-state index contributed by atoms with van der Waals surface area (Å²) >= 11 is 2.11. The Morgan fingerprint density at radius 1 is 1.22 bits per heavy atom. The van der Waals surface area contributed by atoms with Crippen molar-refractivity contribution in [3.8, 4) is 0 Å². The number of carbonyl (C=O) groups excluding carboxylic acids is 1. The van der Waals surface area contributed by atoms with Gasteiger partial charge in [0.2, 0.25) is 5.91 Å². The Labute approximate surface area is 168 Å². The summed E-state index contributed by atoms with van der Waals surface area (Å²) in [6.45, 7) is 6.82. The van der Waals surface area contributed by atoms with Gasteiger partial charge in [0.15, 0.2) is 0 Å². The van der Waals surface area contributed by atoms with Gasteiger partial charge in [0.25, 0.3) is 0 Å². The minimum atomic E-state index is 0.136. The molecule has 3 saturated heterocycles. The fourth-order valence-electron chi connectivity index (χ4n) is 5.44. The van der Waals surface area contributed by atoms with Crippen LogP contribution < -0.4 is 16.1 Å². The van der Waals surface area contributed by atoms with E-state index in [9.17, 15) is 4.79 Å². The summed E-state index contributed by atoms with van der Waals surface area (Å²) in [6, 6.07) is 0.727. The summed E-state index contributed by atoms with van der Waals surface area (Å²) in [5.74, 6) is 2.98. The molecular weight excluding hydrogens is 358 g/mol. The highest BCUT2D eigenvalue weighted by Gasteiger charge is 2.37. The predicted molar refractivity (Wildman–Crippen MR) is 111 cm³/mol. The number of nitrogens with one attached hydrogen (secondary N) is 3. The molecule has 0 aromatic carbocycles. The monoisotopic (exact) mass is 395 g/mol. The highest BCUT2D eigenvalue weighted by molar-refractivity contribution is 8.00. The van der Waals surface area contributed by atoms with Gasteiger partial charge in [0.05, 0.1) is 11.5 Å². The van der Waals surface area contributed by atoms with E-state index >= 15 is 0 Å². The normalized spacial score (nSPS) is 41.3. The highest BCUT2D eigenvalue weighted by atomic mass is 32.2. The standard InChI is InChI=1S/C20H37N5OS/c1-14-12-22-24(2)18(14)23-19(26)16-7-5-15(6-8-16)13-25-10-3-4-17(25)20-21-9-11-27-20/h14-18,20-22H,3-13H2,1-2H3,(H,23,26)/t14?,15?,16?,17-,18?,20?/m0/s1. The Bertz CT molecular complexity index is 497. The summed E-state index contributed by atoms with van der Waals surface area (Å²) in [5.41, 5.74) is 3.31. The number of hydrogen-bond acceptors (Lipinski definition) is 6. The van der Waals surface area contributed by atoms with E-state index in [2.05, 4.69) is 44.7 Å². The minimum Gasteiger partial charge on any atom is -0.339 e. The average molecular weight is 396 g/mol. The van der Waals surface area contributed by atoms with Gasteiger partial charge in [0, 0.05) is 50.3 Å². The molecule has 1 aliphatic carbocycles. The molecule has 4 rings (SSSR count). The molecule has 3 heterocycles. The van der Waals surface area contributed by atoms with Crippen molar-refractivity contribution in [1.82, 2.24) is 26.0 Å². The molecule has 0 spiro atoms. The number of amides is 1. The second-order valence-corrected chi connectivity index (χ2v) is 10.3. The van der Waals surface area contributed by atoms with Gasteiger partial charge in [-0.05, 0) is 51.0 Å². The van der Waals surface area contributed by atoms with E-state index in [0.717, 1.165) is 31.3 Å². The van der Waals surface area contributed by atoms with Crippen molar-refractivity contribution in [1.29, 1.82) is 0 Å². The van der Waals surface area contributed by atoms with Gasteiger partial charge in [0.1, 0.15) is 0 Å². The lowest BCUT2D eigenvalue weighted by Crippen LogP contribution is -2.50. The number of hydrogen-bond donors (Lipinski definition) is 3. The predicted octanol–water partition coefficient (Wildman–Crippen LogP) is 1.45. The number of hydrazine groups is 1. The van der Waals surface area contributed by atoms with E-state index in [1.54, 1.807) is 0 Å². The molecule has 4 fully saturated rings. The fourth-order valence-corrected chi connectivity index (χ4v) is 6.69. The Morgan fingerprint density at radius 2 is 2.04 bits per heavy atom. The quantitative estimate of drug-likeness (QED) is 0.655. The Morgan fingerprint density at radius 3 is 2.70 bits per heavy atom. The van der Waals surface area contributed by atoms with Crippen LogP contribution >= 0.6 is 11.8 Å². The molecule has 1 saturated carbocycles. The summed E-state index contributed by atoms with van der Waals surface area (Å²) in [5, 5.41) is 9.67. The molecule has 154 valence electrons. The smallest absolute Gasteiger partial charge is 0.224 e. The molecule has 1 amide bonds. The molecule has 27 heavy (non-hydrogen) atoms. The molecule has 3 aliphatic heterocycles. The van der Waals surface area contributed by atoms with Crippen LogP contribution in [0.25, 0.3) is 0 Å². The van der Waals surface area contributed by atoms with Crippen LogP contribution in [0.3, 0.4) is 0 Å². The second kappa shape index (κ2) is 8.99. The van der Waals surface area contributed by atoms with Crippen LogP contribution in [0, 0.1) is 17.8 Å². The van der Waals surface area contributed by atoms with Crippen LogP contribution in [-0.4, -0.2) is 72.4 Å². The second-order valence-electron chi connectivity index (χ2n) is 9.07.